The van der Waals surface area contributed by atoms with Gasteiger partial charge in [0, 0.05) is 56.2 Å². The van der Waals surface area contributed by atoms with E-state index in [9.17, 15) is 5.26 Å². The third kappa shape index (κ3) is 17.2. The highest BCUT2D eigenvalue weighted by molar-refractivity contribution is 5.67. The maximum atomic E-state index is 9.78. The lowest BCUT2D eigenvalue weighted by Gasteiger charge is -2.43. The molecule has 384 valence electrons. The number of aromatic nitrogens is 7. The van der Waals surface area contributed by atoms with Crippen LogP contribution in [0.2, 0.25) is 0 Å². The zero-order valence-corrected chi connectivity index (χ0v) is 40.9. The van der Waals surface area contributed by atoms with Crippen molar-refractivity contribution < 1.29 is 52.1 Å². The average Bonchev–Trinajstić information content (AvgIpc) is 4.11. The molecule has 1 aromatic carbocycles. The van der Waals surface area contributed by atoms with E-state index in [1.807, 2.05) is 25.3 Å². The van der Waals surface area contributed by atoms with Crippen molar-refractivity contribution in [2.45, 2.75) is 88.7 Å². The molecule has 3 aromatic heterocycles. The number of fused-ring (bicyclic) bond motifs is 2. The molecule has 70 heavy (non-hydrogen) atoms. The van der Waals surface area contributed by atoms with Crippen LogP contribution in [0.25, 0.3) is 11.1 Å². The summed E-state index contributed by atoms with van der Waals surface area (Å²) in [6.07, 6.45) is 15.9. The molecule has 1 aliphatic carbocycles. The predicted molar refractivity (Wildman–Crippen MR) is 256 cm³/mol. The van der Waals surface area contributed by atoms with Crippen LogP contribution < -0.4 is 14.8 Å². The second-order valence-electron chi connectivity index (χ2n) is 17.4. The van der Waals surface area contributed by atoms with Crippen LogP contribution in [0.1, 0.15) is 63.5 Å². The van der Waals surface area contributed by atoms with Gasteiger partial charge in [-0.2, -0.15) is 10.4 Å². The van der Waals surface area contributed by atoms with Gasteiger partial charge in [-0.1, -0.05) is 6.07 Å². The van der Waals surface area contributed by atoms with E-state index in [0.29, 0.717) is 166 Å². The summed E-state index contributed by atoms with van der Waals surface area (Å²) in [6, 6.07) is 9.65. The van der Waals surface area contributed by atoms with Gasteiger partial charge in [0.2, 0.25) is 5.95 Å². The summed E-state index contributed by atoms with van der Waals surface area (Å²) in [7, 11) is 1.65. The molecule has 3 fully saturated rings. The monoisotopic (exact) mass is 977 g/mol. The van der Waals surface area contributed by atoms with Gasteiger partial charge in [0.05, 0.1) is 137 Å². The zero-order chi connectivity index (χ0) is 48.4. The van der Waals surface area contributed by atoms with Gasteiger partial charge in [-0.15, -0.1) is 5.10 Å². The molecule has 0 unspecified atom stereocenters. The van der Waals surface area contributed by atoms with Crippen LogP contribution in [0.15, 0.2) is 49.4 Å². The number of anilines is 2. The molecule has 2 aliphatic heterocycles. The molecule has 1 saturated carbocycles. The number of benzene rings is 1. The van der Waals surface area contributed by atoms with E-state index < -0.39 is 0 Å². The number of methoxy groups -OCH3 is 1. The van der Waals surface area contributed by atoms with Gasteiger partial charge >= 0.3 is 0 Å². The molecule has 7 rings (SSSR count). The Morgan fingerprint density at radius 3 is 1.86 bits per heavy atom. The maximum Gasteiger partial charge on any atom is 0.256 e. The Bertz CT molecular complexity index is 2070. The highest BCUT2D eigenvalue weighted by Gasteiger charge is 2.42. The van der Waals surface area contributed by atoms with E-state index in [0.717, 1.165) is 50.0 Å². The van der Waals surface area contributed by atoms with Crippen molar-refractivity contribution in [3.8, 4) is 28.8 Å². The summed E-state index contributed by atoms with van der Waals surface area (Å²) in [4.78, 5) is 16.1. The zero-order valence-electron chi connectivity index (χ0n) is 40.9. The first-order valence-electron chi connectivity index (χ1n) is 24.8. The van der Waals surface area contributed by atoms with Crippen LogP contribution in [0, 0.1) is 11.3 Å². The number of nitrogens with zero attached hydrogens (tertiary/aromatic N) is 9. The van der Waals surface area contributed by atoms with Crippen LogP contribution in [0.3, 0.4) is 0 Å². The fraction of sp³-hybridized carbons (Fsp3) is 0.673. The lowest BCUT2D eigenvalue weighted by atomic mass is 9.89. The van der Waals surface area contributed by atoms with Crippen molar-refractivity contribution in [2.24, 2.45) is 0 Å². The van der Waals surface area contributed by atoms with Crippen molar-refractivity contribution >= 4 is 11.6 Å². The average molecular weight is 977 g/mol. The molecule has 4 aromatic rings. The van der Waals surface area contributed by atoms with E-state index in [4.69, 9.17) is 57.2 Å². The lowest BCUT2D eigenvalue weighted by molar-refractivity contribution is -0.0458. The topological polar surface area (TPSA) is 215 Å². The molecule has 0 spiro atoms. The van der Waals surface area contributed by atoms with Gasteiger partial charge in [-0.25, -0.2) is 19.6 Å². The van der Waals surface area contributed by atoms with Gasteiger partial charge in [-0.3, -0.25) is 9.58 Å². The third-order valence-electron chi connectivity index (χ3n) is 12.4. The minimum atomic E-state index is -0.251. The molecular formula is C49H72N10O11. The fourth-order valence-corrected chi connectivity index (χ4v) is 8.92. The Morgan fingerprint density at radius 2 is 1.29 bits per heavy atom. The molecule has 1 N–H and O–H groups in total. The molecular weight excluding hydrogens is 905 g/mol. The van der Waals surface area contributed by atoms with Gasteiger partial charge in [0.1, 0.15) is 36.3 Å². The van der Waals surface area contributed by atoms with Gasteiger partial charge in [0.15, 0.2) is 0 Å². The van der Waals surface area contributed by atoms with E-state index in [1.165, 1.54) is 19.2 Å². The second kappa shape index (κ2) is 30.1. The summed E-state index contributed by atoms with van der Waals surface area (Å²) in [6.45, 7) is 12.2. The lowest BCUT2D eigenvalue weighted by Crippen LogP contribution is -2.52. The molecule has 2 bridgehead atoms. The number of hydrogen-bond donors (Lipinski definition) is 1. The summed E-state index contributed by atoms with van der Waals surface area (Å²) in [5.41, 5.74) is 2.72. The number of ether oxygens (including phenoxy) is 11. The SMILES string of the molecule is COCCOCCOCCOCCOCCOCCOCCOCCCOc1nn(C2CCC(N3[C@@H]4CC[C@H]3COC4)CC2)cc1Nc1ncc(-c2ccc(C#N)c(O[C@@H](C)Cn3cncn3)c2)cn1. The largest absolute Gasteiger partial charge is 0.487 e. The van der Waals surface area contributed by atoms with Crippen molar-refractivity contribution in [3.63, 3.8) is 0 Å². The quantitative estimate of drug-likeness (QED) is 0.0608. The Kier molecular flexibility index (Phi) is 22.8. The predicted octanol–water partition coefficient (Wildman–Crippen LogP) is 4.89. The molecule has 3 atom stereocenters. The minimum absolute atomic E-state index is 0.251. The second-order valence-corrected chi connectivity index (χ2v) is 17.4. The molecule has 5 heterocycles. The van der Waals surface area contributed by atoms with Gasteiger partial charge < -0.3 is 57.4 Å². The summed E-state index contributed by atoms with van der Waals surface area (Å²) < 4.78 is 66.0. The molecule has 0 radical (unpaired) electrons. The summed E-state index contributed by atoms with van der Waals surface area (Å²) in [5, 5.41) is 22.3. The van der Waals surface area contributed by atoms with Crippen LogP contribution >= 0.6 is 0 Å². The number of nitrogens with one attached hydrogen (secondary N) is 1. The first kappa shape index (κ1) is 53.0. The first-order chi connectivity index (χ1) is 34.6. The normalized spacial score (nSPS) is 19.6. The van der Waals surface area contributed by atoms with Crippen LogP contribution in [-0.2, 0) is 49.2 Å². The highest BCUT2D eigenvalue weighted by Crippen LogP contribution is 2.39. The van der Waals surface area contributed by atoms with E-state index >= 15 is 0 Å². The van der Waals surface area contributed by atoms with Crippen LogP contribution in [0.4, 0.5) is 11.6 Å². The highest BCUT2D eigenvalue weighted by atomic mass is 16.6. The molecule has 3 aliphatic rings. The maximum absolute atomic E-state index is 9.78. The van der Waals surface area contributed by atoms with Crippen LogP contribution in [-0.4, -0.2) is 190 Å². The van der Waals surface area contributed by atoms with Crippen molar-refractivity contribution in [1.29, 1.82) is 5.26 Å². The third-order valence-corrected chi connectivity index (χ3v) is 12.4. The Labute approximate surface area is 411 Å². The fourth-order valence-electron chi connectivity index (χ4n) is 8.92. The summed E-state index contributed by atoms with van der Waals surface area (Å²) >= 11 is 0. The van der Waals surface area contributed by atoms with E-state index in [-0.39, 0.29) is 12.1 Å². The first-order valence-corrected chi connectivity index (χ1v) is 24.8. The van der Waals surface area contributed by atoms with Gasteiger partial charge in [-0.05, 0) is 63.1 Å². The number of nitriles is 1. The number of hydrogen-bond acceptors (Lipinski definition) is 19. The van der Waals surface area contributed by atoms with Crippen molar-refractivity contribution in [3.05, 3.63) is 55.0 Å². The molecule has 2 saturated heterocycles. The number of rotatable bonds is 35. The summed E-state index contributed by atoms with van der Waals surface area (Å²) in [5.74, 6) is 1.38. The van der Waals surface area contributed by atoms with Gasteiger partial charge in [0.25, 0.3) is 5.88 Å². The van der Waals surface area contributed by atoms with E-state index in [2.05, 4.69) is 41.0 Å². The molecule has 21 heteroatoms. The van der Waals surface area contributed by atoms with Crippen LogP contribution in [0.5, 0.6) is 11.6 Å². The standard InChI is InChI=1S/C49H72N10O11/c1-38(32-57-37-51-36-54-57)70-47-28-39(4-5-40(47)29-50)41-30-52-49(53-31-41)55-46-33-58(42-6-8-43(9-7-42)59-44-10-11-45(59)35-68-34-44)56-48(46)69-13-3-12-61-16-17-63-20-21-65-24-25-67-27-26-66-23-22-64-19-18-62-15-14-60-2/h4-5,28,30-31,33,36-38,42-45H,3,6-27,32,34-35H2,1-2H3,(H,52,53,55)/t38-,42?,43?,44-,45+/m0/s1. The molecule has 0 amide bonds. The van der Waals surface area contributed by atoms with Crippen molar-refractivity contribution in [1.82, 2.24) is 39.4 Å². The Morgan fingerprint density at radius 1 is 0.714 bits per heavy atom. The molecule has 21 nitrogen and oxygen atoms in total. The smallest absolute Gasteiger partial charge is 0.256 e. The minimum Gasteiger partial charge on any atom is -0.487 e. The number of morpholine rings is 1. The van der Waals surface area contributed by atoms with Crippen molar-refractivity contribution in [2.75, 3.05) is 131 Å². The Hall–Kier alpha value is -4.86. The van der Waals surface area contributed by atoms with E-state index in [1.54, 1.807) is 36.6 Å². The Balaban J connectivity index is 0.809.